The number of carbonyl (C=O) groups is 1. The van der Waals surface area contributed by atoms with Gasteiger partial charge in [-0.3, -0.25) is 0 Å². The molecule has 1 aromatic rings. The minimum atomic E-state index is -0.710. The number of carbonyl (C=O) groups excluding carboxylic acids is 1. The van der Waals surface area contributed by atoms with Crippen LogP contribution in [-0.4, -0.2) is 29.5 Å². The summed E-state index contributed by atoms with van der Waals surface area (Å²) in [6.45, 7) is -0.0448. The number of nitrogens with one attached hydrogen (secondary N) is 1. The van der Waals surface area contributed by atoms with Crippen molar-refractivity contribution in [2.45, 2.75) is 0 Å². The van der Waals surface area contributed by atoms with Gasteiger partial charge in [0.25, 0.3) is 0 Å². The van der Waals surface area contributed by atoms with Crippen molar-refractivity contribution < 1.29 is 19.7 Å². The summed E-state index contributed by atoms with van der Waals surface area (Å²) in [5, 5.41) is 20.2. The van der Waals surface area contributed by atoms with Crippen LogP contribution in [0.1, 0.15) is 0 Å². The Balaban J connectivity index is 2.74. The monoisotopic (exact) mass is 212 g/mol. The van der Waals surface area contributed by atoms with E-state index in [1.807, 2.05) is 0 Å². The molecule has 0 fully saturated rings. The minimum Gasteiger partial charge on any atom is -0.504 e. The number of benzene rings is 1. The molecule has 0 unspecified atom stereocenters. The molecule has 0 atom stereocenters. The summed E-state index contributed by atoms with van der Waals surface area (Å²) in [6.07, 6.45) is 0. The first-order valence-electron chi connectivity index (χ1n) is 4.26. The fourth-order valence-corrected chi connectivity index (χ4v) is 1.02. The summed E-state index contributed by atoms with van der Waals surface area (Å²) < 4.78 is 5.00. The summed E-state index contributed by atoms with van der Waals surface area (Å²) >= 11 is 0. The van der Waals surface area contributed by atoms with Gasteiger partial charge in [0.15, 0.2) is 11.5 Å². The lowest BCUT2D eigenvalue weighted by Gasteiger charge is -2.08. The number of nitrogens with two attached hydrogens (primary N) is 1. The largest absolute Gasteiger partial charge is 0.504 e. The molecule has 82 valence electrons. The third-order valence-corrected chi connectivity index (χ3v) is 1.58. The maximum absolute atomic E-state index is 10.5. The van der Waals surface area contributed by atoms with Gasteiger partial charge in [0.05, 0.1) is 6.61 Å². The van der Waals surface area contributed by atoms with Crippen LogP contribution in [0.4, 0.5) is 10.5 Å². The first-order valence-corrected chi connectivity index (χ1v) is 4.26. The Kier molecular flexibility index (Phi) is 3.75. The Morgan fingerprint density at radius 2 is 2.27 bits per heavy atom. The molecule has 0 aromatic heterocycles. The van der Waals surface area contributed by atoms with Crippen molar-refractivity contribution >= 4 is 11.7 Å². The lowest BCUT2D eigenvalue weighted by Crippen LogP contribution is -2.19. The van der Waals surface area contributed by atoms with Gasteiger partial charge in [-0.1, -0.05) is 0 Å². The van der Waals surface area contributed by atoms with Crippen molar-refractivity contribution in [1.29, 1.82) is 0 Å². The normalized spacial score (nSPS) is 9.67. The molecule has 0 radical (unpaired) electrons. The summed E-state index contributed by atoms with van der Waals surface area (Å²) in [4.78, 5) is 10.5. The quantitative estimate of drug-likeness (QED) is 0.574. The SMILES string of the molecule is NC(=O)Nc1ccc(OCCO)c(O)c1. The van der Waals surface area contributed by atoms with Crippen LogP contribution in [0.3, 0.4) is 0 Å². The minimum absolute atomic E-state index is 0.0934. The van der Waals surface area contributed by atoms with Gasteiger partial charge in [0.1, 0.15) is 6.61 Å². The maximum Gasteiger partial charge on any atom is 0.316 e. The summed E-state index contributed by atoms with van der Waals surface area (Å²) in [7, 11) is 0. The van der Waals surface area contributed by atoms with Gasteiger partial charge in [-0.05, 0) is 12.1 Å². The number of primary amides is 1. The van der Waals surface area contributed by atoms with E-state index in [1.165, 1.54) is 18.2 Å². The number of phenolic OH excluding ortho intramolecular Hbond substituents is 1. The standard InChI is InChI=1S/C9H12N2O4/c10-9(14)11-6-1-2-8(7(13)5-6)15-4-3-12/h1-2,5,12-13H,3-4H2,(H3,10,11,14). The zero-order chi connectivity index (χ0) is 11.3. The van der Waals surface area contributed by atoms with E-state index < -0.39 is 6.03 Å². The van der Waals surface area contributed by atoms with Crippen LogP contribution in [0, 0.1) is 0 Å². The number of anilines is 1. The van der Waals surface area contributed by atoms with Gasteiger partial charge in [-0.25, -0.2) is 4.79 Å². The highest BCUT2D eigenvalue weighted by molar-refractivity contribution is 5.88. The van der Waals surface area contributed by atoms with E-state index >= 15 is 0 Å². The highest BCUT2D eigenvalue weighted by atomic mass is 16.5. The predicted molar refractivity (Wildman–Crippen MR) is 53.9 cm³/mol. The van der Waals surface area contributed by atoms with Gasteiger partial charge in [0.2, 0.25) is 0 Å². The first-order chi connectivity index (χ1) is 7.13. The van der Waals surface area contributed by atoms with Crippen molar-refractivity contribution in [2.75, 3.05) is 18.5 Å². The number of ether oxygens (including phenoxy) is 1. The molecule has 0 aliphatic carbocycles. The Bertz CT molecular complexity index is 354. The van der Waals surface area contributed by atoms with E-state index in [0.29, 0.717) is 5.69 Å². The van der Waals surface area contributed by atoms with E-state index in [1.54, 1.807) is 0 Å². The van der Waals surface area contributed by atoms with E-state index in [-0.39, 0.29) is 24.7 Å². The summed E-state index contributed by atoms with van der Waals surface area (Å²) in [5.74, 6) is 0.105. The van der Waals surface area contributed by atoms with Gasteiger partial charge in [0, 0.05) is 11.8 Å². The van der Waals surface area contributed by atoms with Crippen molar-refractivity contribution in [3.63, 3.8) is 0 Å². The molecule has 1 rings (SSSR count). The Morgan fingerprint density at radius 3 is 2.80 bits per heavy atom. The molecule has 6 heteroatoms. The van der Waals surface area contributed by atoms with Crippen LogP contribution in [-0.2, 0) is 0 Å². The number of hydrogen-bond acceptors (Lipinski definition) is 4. The van der Waals surface area contributed by atoms with E-state index in [0.717, 1.165) is 0 Å². The molecule has 0 saturated heterocycles. The third kappa shape index (κ3) is 3.35. The Hall–Kier alpha value is -1.95. The molecule has 0 saturated carbocycles. The zero-order valence-corrected chi connectivity index (χ0v) is 7.93. The number of urea groups is 1. The second kappa shape index (κ2) is 5.06. The van der Waals surface area contributed by atoms with Gasteiger partial charge >= 0.3 is 6.03 Å². The molecule has 0 aliphatic rings. The second-order valence-corrected chi connectivity index (χ2v) is 2.74. The maximum atomic E-state index is 10.5. The topological polar surface area (TPSA) is 105 Å². The second-order valence-electron chi connectivity index (χ2n) is 2.74. The van der Waals surface area contributed by atoms with Crippen molar-refractivity contribution in [1.82, 2.24) is 0 Å². The summed E-state index contributed by atoms with van der Waals surface area (Å²) in [5.41, 5.74) is 5.27. The molecule has 0 aliphatic heterocycles. The Morgan fingerprint density at radius 1 is 1.53 bits per heavy atom. The number of phenols is 1. The summed E-state index contributed by atoms with van der Waals surface area (Å²) in [6, 6.07) is 3.59. The predicted octanol–water partition coefficient (Wildman–Crippen LogP) is 0.254. The number of aliphatic hydroxyl groups excluding tert-OH is 1. The van der Waals surface area contributed by atoms with E-state index in [9.17, 15) is 9.90 Å². The fourth-order valence-electron chi connectivity index (χ4n) is 1.02. The average Bonchev–Trinajstić information content (AvgIpc) is 2.15. The third-order valence-electron chi connectivity index (χ3n) is 1.58. The van der Waals surface area contributed by atoms with Crippen LogP contribution in [0.25, 0.3) is 0 Å². The first kappa shape index (κ1) is 11.1. The van der Waals surface area contributed by atoms with Gasteiger partial charge in [-0.2, -0.15) is 0 Å². The molecular formula is C9H12N2O4. The number of rotatable bonds is 4. The molecule has 5 N–H and O–H groups in total. The average molecular weight is 212 g/mol. The highest BCUT2D eigenvalue weighted by Gasteiger charge is 2.04. The van der Waals surface area contributed by atoms with Crippen LogP contribution in [0.15, 0.2) is 18.2 Å². The van der Waals surface area contributed by atoms with Crippen LogP contribution in [0.5, 0.6) is 11.5 Å². The van der Waals surface area contributed by atoms with Crippen LogP contribution < -0.4 is 15.8 Å². The van der Waals surface area contributed by atoms with E-state index in [4.69, 9.17) is 15.6 Å². The molecule has 15 heavy (non-hydrogen) atoms. The fraction of sp³-hybridized carbons (Fsp3) is 0.222. The van der Waals surface area contributed by atoms with Gasteiger partial charge in [-0.15, -0.1) is 0 Å². The Labute approximate surface area is 86.3 Å². The van der Waals surface area contributed by atoms with Crippen molar-refractivity contribution in [3.05, 3.63) is 18.2 Å². The lowest BCUT2D eigenvalue weighted by molar-refractivity contribution is 0.197. The molecule has 0 bridgehead atoms. The lowest BCUT2D eigenvalue weighted by atomic mass is 10.3. The highest BCUT2D eigenvalue weighted by Crippen LogP contribution is 2.28. The van der Waals surface area contributed by atoms with Crippen LogP contribution in [0.2, 0.25) is 0 Å². The molecule has 6 nitrogen and oxygen atoms in total. The van der Waals surface area contributed by atoms with Gasteiger partial charge < -0.3 is 26.0 Å². The molecular weight excluding hydrogens is 200 g/mol. The number of aliphatic hydroxyl groups is 1. The number of amides is 2. The zero-order valence-electron chi connectivity index (χ0n) is 7.93. The van der Waals surface area contributed by atoms with Crippen molar-refractivity contribution in [2.24, 2.45) is 5.73 Å². The molecule has 2 amide bonds. The smallest absolute Gasteiger partial charge is 0.316 e. The molecule has 1 aromatic carbocycles. The molecule has 0 heterocycles. The van der Waals surface area contributed by atoms with E-state index in [2.05, 4.69) is 5.32 Å². The number of hydrogen-bond donors (Lipinski definition) is 4. The molecule has 0 spiro atoms. The van der Waals surface area contributed by atoms with Crippen molar-refractivity contribution in [3.8, 4) is 11.5 Å². The van der Waals surface area contributed by atoms with Crippen LogP contribution >= 0.6 is 0 Å². The number of aromatic hydroxyl groups is 1.